The first kappa shape index (κ1) is 15.3. The van der Waals surface area contributed by atoms with E-state index in [-0.39, 0.29) is 5.78 Å². The first-order valence-electron chi connectivity index (χ1n) is 7.27. The van der Waals surface area contributed by atoms with E-state index in [2.05, 4.69) is 18.9 Å². The maximum absolute atomic E-state index is 12.3. The molecule has 112 valence electrons. The monoisotopic (exact) mass is 286 g/mol. The number of Topliss-reactive ketones (excluding diaryl/α,β-unsaturated/α-hetero) is 1. The van der Waals surface area contributed by atoms with E-state index in [0.717, 1.165) is 23.4 Å². The van der Waals surface area contributed by atoms with Crippen LogP contribution >= 0.6 is 0 Å². The van der Waals surface area contributed by atoms with Crippen molar-refractivity contribution in [1.82, 2.24) is 9.78 Å². The van der Waals surface area contributed by atoms with Crippen molar-refractivity contribution in [2.24, 2.45) is 0 Å². The molecule has 1 aromatic heterocycles. The third-order valence-corrected chi connectivity index (χ3v) is 3.78. The van der Waals surface area contributed by atoms with Crippen molar-refractivity contribution in [2.75, 3.05) is 7.11 Å². The number of nitrogens with zero attached hydrogens (tertiary/aromatic N) is 2. The molecule has 0 bridgehead atoms. The maximum Gasteiger partial charge on any atom is 0.169 e. The van der Waals surface area contributed by atoms with Gasteiger partial charge in [-0.2, -0.15) is 5.10 Å². The van der Waals surface area contributed by atoms with E-state index in [4.69, 9.17) is 4.74 Å². The molecule has 0 saturated carbocycles. The van der Waals surface area contributed by atoms with Crippen LogP contribution in [0.15, 0.2) is 30.5 Å². The van der Waals surface area contributed by atoms with Gasteiger partial charge in [0.15, 0.2) is 5.78 Å². The molecule has 1 unspecified atom stereocenters. The average Bonchev–Trinajstić information content (AvgIpc) is 2.95. The fraction of sp³-hybridized carbons (Fsp3) is 0.412. The van der Waals surface area contributed by atoms with Gasteiger partial charge in [-0.3, -0.25) is 9.48 Å². The summed E-state index contributed by atoms with van der Waals surface area (Å²) < 4.78 is 7.18. The normalized spacial score (nSPS) is 12.2. The number of ether oxygens (including phenoxy) is 1. The van der Waals surface area contributed by atoms with E-state index in [1.54, 1.807) is 13.2 Å². The average molecular weight is 286 g/mol. The highest BCUT2D eigenvalue weighted by molar-refractivity contribution is 5.97. The standard InChI is InChI=1S/C17H22N2O2/c1-5-13(3)19-9-8-15(18-19)11-16(20)14-7-6-12(2)17(10-14)21-4/h6-10,13H,5,11H2,1-4H3. The number of rotatable bonds is 6. The topological polar surface area (TPSA) is 44.1 Å². The van der Waals surface area contributed by atoms with Gasteiger partial charge in [0.1, 0.15) is 5.75 Å². The molecule has 0 aliphatic carbocycles. The number of aryl methyl sites for hydroxylation is 1. The molecule has 1 atom stereocenters. The maximum atomic E-state index is 12.3. The van der Waals surface area contributed by atoms with E-state index in [1.807, 2.05) is 36.0 Å². The van der Waals surface area contributed by atoms with E-state index in [0.29, 0.717) is 18.0 Å². The summed E-state index contributed by atoms with van der Waals surface area (Å²) in [6.07, 6.45) is 3.27. The van der Waals surface area contributed by atoms with Gasteiger partial charge in [0.05, 0.1) is 19.2 Å². The minimum absolute atomic E-state index is 0.0581. The molecule has 21 heavy (non-hydrogen) atoms. The zero-order valence-electron chi connectivity index (χ0n) is 13.1. The summed E-state index contributed by atoms with van der Waals surface area (Å²) in [6.45, 7) is 6.19. The van der Waals surface area contributed by atoms with Gasteiger partial charge in [-0.1, -0.05) is 19.1 Å². The largest absolute Gasteiger partial charge is 0.496 e. The van der Waals surface area contributed by atoms with Gasteiger partial charge in [0, 0.05) is 17.8 Å². The molecule has 0 fully saturated rings. The predicted molar refractivity (Wildman–Crippen MR) is 83.0 cm³/mol. The van der Waals surface area contributed by atoms with Gasteiger partial charge in [0.25, 0.3) is 0 Å². The molecule has 0 saturated heterocycles. The Labute approximate surface area is 125 Å². The lowest BCUT2D eigenvalue weighted by atomic mass is 10.0. The SMILES string of the molecule is CCC(C)n1ccc(CC(=O)c2ccc(C)c(OC)c2)n1. The quantitative estimate of drug-likeness (QED) is 0.762. The van der Waals surface area contributed by atoms with Crippen molar-refractivity contribution in [3.8, 4) is 5.75 Å². The highest BCUT2D eigenvalue weighted by atomic mass is 16.5. The molecule has 0 radical (unpaired) electrons. The van der Waals surface area contributed by atoms with Crippen LogP contribution in [0.5, 0.6) is 5.75 Å². The second-order valence-electron chi connectivity index (χ2n) is 5.33. The first-order chi connectivity index (χ1) is 10.0. The van der Waals surface area contributed by atoms with E-state index in [1.165, 1.54) is 0 Å². The Hall–Kier alpha value is -2.10. The number of ketones is 1. The van der Waals surface area contributed by atoms with Gasteiger partial charge in [-0.05, 0) is 38.0 Å². The molecule has 2 aromatic rings. The minimum atomic E-state index is 0.0581. The van der Waals surface area contributed by atoms with Crippen molar-refractivity contribution < 1.29 is 9.53 Å². The van der Waals surface area contributed by atoms with Crippen LogP contribution in [0, 0.1) is 6.92 Å². The molecule has 4 heteroatoms. The van der Waals surface area contributed by atoms with Crippen molar-refractivity contribution in [3.63, 3.8) is 0 Å². The Bertz CT molecular complexity index is 631. The fourth-order valence-corrected chi connectivity index (χ4v) is 2.16. The number of hydrogen-bond donors (Lipinski definition) is 0. The third-order valence-electron chi connectivity index (χ3n) is 3.78. The Balaban J connectivity index is 2.12. The smallest absolute Gasteiger partial charge is 0.169 e. The minimum Gasteiger partial charge on any atom is -0.496 e. The summed E-state index contributed by atoms with van der Waals surface area (Å²) in [6, 6.07) is 7.81. The lowest BCUT2D eigenvalue weighted by Crippen LogP contribution is -2.08. The Morgan fingerprint density at radius 2 is 2.14 bits per heavy atom. The van der Waals surface area contributed by atoms with E-state index >= 15 is 0 Å². The second kappa shape index (κ2) is 6.57. The highest BCUT2D eigenvalue weighted by Gasteiger charge is 2.12. The molecule has 2 rings (SSSR count). The number of benzene rings is 1. The van der Waals surface area contributed by atoms with Gasteiger partial charge in [0.2, 0.25) is 0 Å². The molecular formula is C17H22N2O2. The van der Waals surface area contributed by atoms with Crippen LogP contribution in [0.1, 0.15) is 47.9 Å². The van der Waals surface area contributed by atoms with Gasteiger partial charge >= 0.3 is 0 Å². The lowest BCUT2D eigenvalue weighted by molar-refractivity contribution is 0.0991. The van der Waals surface area contributed by atoms with Crippen molar-refractivity contribution >= 4 is 5.78 Å². The molecule has 1 aromatic carbocycles. The van der Waals surface area contributed by atoms with Crippen LogP contribution in [0.2, 0.25) is 0 Å². The number of aromatic nitrogens is 2. The van der Waals surface area contributed by atoms with E-state index in [9.17, 15) is 4.79 Å². The van der Waals surface area contributed by atoms with Crippen LogP contribution in [0.4, 0.5) is 0 Å². The molecule has 0 amide bonds. The Kier molecular flexibility index (Phi) is 4.78. The molecule has 0 aliphatic rings. The molecule has 0 N–H and O–H groups in total. The highest BCUT2D eigenvalue weighted by Crippen LogP contribution is 2.20. The zero-order valence-corrected chi connectivity index (χ0v) is 13.1. The summed E-state index contributed by atoms with van der Waals surface area (Å²) >= 11 is 0. The summed E-state index contributed by atoms with van der Waals surface area (Å²) in [5, 5.41) is 4.47. The zero-order chi connectivity index (χ0) is 15.4. The predicted octanol–water partition coefficient (Wildman–Crippen LogP) is 3.60. The Morgan fingerprint density at radius 3 is 2.81 bits per heavy atom. The lowest BCUT2D eigenvalue weighted by Gasteiger charge is -2.08. The number of carbonyl (C=O) groups excluding carboxylic acids is 1. The number of carbonyl (C=O) groups is 1. The number of hydrogen-bond acceptors (Lipinski definition) is 3. The van der Waals surface area contributed by atoms with Crippen LogP contribution in [-0.2, 0) is 6.42 Å². The van der Waals surface area contributed by atoms with Crippen LogP contribution in [0.25, 0.3) is 0 Å². The van der Waals surface area contributed by atoms with Crippen molar-refractivity contribution in [1.29, 1.82) is 0 Å². The first-order valence-corrected chi connectivity index (χ1v) is 7.27. The fourth-order valence-electron chi connectivity index (χ4n) is 2.16. The molecule has 0 aliphatic heterocycles. The summed E-state index contributed by atoms with van der Waals surface area (Å²) in [7, 11) is 1.62. The molecule has 1 heterocycles. The summed E-state index contributed by atoms with van der Waals surface area (Å²) in [4.78, 5) is 12.3. The number of methoxy groups -OCH3 is 1. The van der Waals surface area contributed by atoms with Crippen molar-refractivity contribution in [3.05, 3.63) is 47.3 Å². The summed E-state index contributed by atoms with van der Waals surface area (Å²) in [5.74, 6) is 0.800. The van der Waals surface area contributed by atoms with Crippen molar-refractivity contribution in [2.45, 2.75) is 39.7 Å². The molecule has 4 nitrogen and oxygen atoms in total. The molecule has 0 spiro atoms. The van der Waals surface area contributed by atoms with Crippen LogP contribution in [-0.4, -0.2) is 22.7 Å². The molecular weight excluding hydrogens is 264 g/mol. The summed E-state index contributed by atoms with van der Waals surface area (Å²) in [5.41, 5.74) is 2.49. The second-order valence-corrected chi connectivity index (χ2v) is 5.33. The third kappa shape index (κ3) is 3.51. The van der Waals surface area contributed by atoms with Gasteiger partial charge in [-0.25, -0.2) is 0 Å². The van der Waals surface area contributed by atoms with E-state index < -0.39 is 0 Å². The Morgan fingerprint density at radius 1 is 1.38 bits per heavy atom. The van der Waals surface area contributed by atoms with Crippen LogP contribution in [0.3, 0.4) is 0 Å². The van der Waals surface area contributed by atoms with Gasteiger partial charge in [-0.15, -0.1) is 0 Å². The van der Waals surface area contributed by atoms with Gasteiger partial charge < -0.3 is 4.74 Å². The van der Waals surface area contributed by atoms with Crippen LogP contribution < -0.4 is 4.74 Å².